The summed E-state index contributed by atoms with van der Waals surface area (Å²) < 4.78 is 2.04. The Bertz CT molecular complexity index is 1030. The summed E-state index contributed by atoms with van der Waals surface area (Å²) in [4.78, 5) is 33.3. The van der Waals surface area contributed by atoms with Crippen LogP contribution in [0.1, 0.15) is 28.5 Å². The highest BCUT2D eigenvalue weighted by Crippen LogP contribution is 2.22. The van der Waals surface area contributed by atoms with Crippen molar-refractivity contribution in [3.8, 4) is 0 Å². The van der Waals surface area contributed by atoms with Gasteiger partial charge < -0.3 is 9.47 Å². The first-order chi connectivity index (χ1) is 14.5. The summed E-state index contributed by atoms with van der Waals surface area (Å²) in [5.41, 5.74) is 2.56. The zero-order chi connectivity index (χ0) is 21.1. The minimum Gasteiger partial charge on any atom is -0.333 e. The minimum atomic E-state index is -0.299. The van der Waals surface area contributed by atoms with E-state index in [1.165, 1.54) is 10.5 Å². The summed E-state index contributed by atoms with van der Waals surface area (Å²) in [7, 11) is 0. The Hall–Kier alpha value is -3.12. The molecule has 1 atom stereocenters. The Balaban J connectivity index is 1.46. The van der Waals surface area contributed by atoms with Crippen molar-refractivity contribution in [2.75, 3.05) is 13.1 Å². The Morgan fingerprint density at radius 3 is 2.57 bits per heavy atom. The van der Waals surface area contributed by atoms with Gasteiger partial charge in [-0.3, -0.25) is 9.69 Å². The maximum atomic E-state index is 12.9. The number of amides is 3. The average Bonchev–Trinajstić information content (AvgIpc) is 3.32. The molecule has 4 rings (SSSR count). The second-order valence-corrected chi connectivity index (χ2v) is 7.81. The van der Waals surface area contributed by atoms with E-state index in [1.807, 2.05) is 42.2 Å². The summed E-state index contributed by atoms with van der Waals surface area (Å²) in [5.74, 6) is -0.299. The summed E-state index contributed by atoms with van der Waals surface area (Å²) in [6, 6.07) is 16.4. The number of carbonyl (C=O) groups excluding carboxylic acids is 2. The predicted octanol–water partition coefficient (Wildman–Crippen LogP) is 4.09. The van der Waals surface area contributed by atoms with Gasteiger partial charge in [0.15, 0.2) is 0 Å². The van der Waals surface area contributed by atoms with E-state index in [1.54, 1.807) is 29.2 Å². The van der Waals surface area contributed by atoms with Crippen molar-refractivity contribution in [1.29, 1.82) is 0 Å². The number of aromatic nitrogens is 2. The van der Waals surface area contributed by atoms with Crippen molar-refractivity contribution in [2.45, 2.75) is 25.9 Å². The van der Waals surface area contributed by atoms with Gasteiger partial charge in [-0.15, -0.1) is 0 Å². The lowest BCUT2D eigenvalue weighted by Crippen LogP contribution is -2.37. The summed E-state index contributed by atoms with van der Waals surface area (Å²) >= 11 is 5.91. The molecular weight excluding hydrogens is 400 g/mol. The summed E-state index contributed by atoms with van der Waals surface area (Å²) in [5, 5.41) is 0.554. The van der Waals surface area contributed by atoms with Crippen molar-refractivity contribution >= 4 is 23.5 Å². The molecule has 6 nitrogen and oxygen atoms in total. The molecule has 0 unspecified atom stereocenters. The number of benzene rings is 2. The Morgan fingerprint density at radius 1 is 1.13 bits per heavy atom. The maximum Gasteiger partial charge on any atom is 0.327 e. The number of nitrogens with zero attached hydrogens (tertiary/aromatic N) is 4. The smallest absolute Gasteiger partial charge is 0.327 e. The molecule has 0 saturated carbocycles. The number of hydrogen-bond acceptors (Lipinski definition) is 3. The van der Waals surface area contributed by atoms with Gasteiger partial charge in [-0.25, -0.2) is 9.78 Å². The molecule has 1 aliphatic rings. The molecule has 3 amide bonds. The Kier molecular flexibility index (Phi) is 5.86. The molecule has 0 N–H and O–H groups in total. The molecule has 0 bridgehead atoms. The second-order valence-electron chi connectivity index (χ2n) is 7.37. The lowest BCUT2D eigenvalue weighted by atomic mass is 10.1. The first kappa shape index (κ1) is 20.2. The van der Waals surface area contributed by atoms with Crippen LogP contribution in [-0.2, 0) is 13.0 Å². The molecule has 1 saturated heterocycles. The van der Waals surface area contributed by atoms with Gasteiger partial charge in [0.25, 0.3) is 5.91 Å². The first-order valence-corrected chi connectivity index (χ1v) is 10.4. The number of likely N-dealkylation sites (N-methyl/N-ethyl adjacent to an activating group) is 1. The highest BCUT2D eigenvalue weighted by atomic mass is 35.5. The fourth-order valence-corrected chi connectivity index (χ4v) is 3.94. The van der Waals surface area contributed by atoms with Gasteiger partial charge in [0, 0.05) is 36.3 Å². The van der Waals surface area contributed by atoms with Gasteiger partial charge in [0.2, 0.25) is 0 Å². The molecular formula is C23H23ClN4O2. The van der Waals surface area contributed by atoms with Crippen LogP contribution in [0, 0.1) is 0 Å². The monoisotopic (exact) mass is 422 g/mol. The van der Waals surface area contributed by atoms with E-state index < -0.39 is 0 Å². The van der Waals surface area contributed by atoms with E-state index in [-0.39, 0.29) is 18.0 Å². The molecule has 3 aromatic rings. The Labute approximate surface area is 180 Å². The third kappa shape index (κ3) is 4.24. The van der Waals surface area contributed by atoms with E-state index in [0.717, 1.165) is 12.2 Å². The maximum absolute atomic E-state index is 12.9. The highest BCUT2D eigenvalue weighted by molar-refractivity contribution is 6.30. The van der Waals surface area contributed by atoms with Crippen LogP contribution in [0.25, 0.3) is 0 Å². The van der Waals surface area contributed by atoms with Gasteiger partial charge in [-0.2, -0.15) is 0 Å². The fraction of sp³-hybridized carbons (Fsp3) is 0.261. The van der Waals surface area contributed by atoms with E-state index in [2.05, 4.69) is 17.1 Å². The van der Waals surface area contributed by atoms with Crippen molar-refractivity contribution < 1.29 is 9.59 Å². The van der Waals surface area contributed by atoms with Gasteiger partial charge >= 0.3 is 6.03 Å². The number of imidazole rings is 1. The predicted molar refractivity (Wildman–Crippen MR) is 116 cm³/mol. The van der Waals surface area contributed by atoms with Crippen LogP contribution in [0.2, 0.25) is 5.02 Å². The minimum absolute atomic E-state index is 0.0983. The zero-order valence-electron chi connectivity index (χ0n) is 16.7. The molecule has 1 aromatic heterocycles. The van der Waals surface area contributed by atoms with E-state index in [0.29, 0.717) is 30.1 Å². The number of urea groups is 1. The number of halogens is 1. The second kappa shape index (κ2) is 8.71. The number of imide groups is 1. The van der Waals surface area contributed by atoms with Crippen molar-refractivity contribution in [3.63, 3.8) is 0 Å². The van der Waals surface area contributed by atoms with Crippen molar-refractivity contribution in [1.82, 2.24) is 19.4 Å². The first-order valence-electron chi connectivity index (χ1n) is 9.97. The average molecular weight is 423 g/mol. The molecule has 0 spiro atoms. The number of rotatable bonds is 6. The standard InChI is InChI=1S/C23H23ClN4O2/c1-2-27-21(12-20-14-26(16-25-20)13-17-6-4-3-5-7-17)15-28(23(27)30)22(29)18-8-10-19(24)11-9-18/h3-11,14,16,21H,2,12-13,15H2,1H3/t21-/m0/s1. The van der Waals surface area contributed by atoms with Crippen LogP contribution in [0.5, 0.6) is 0 Å². The highest BCUT2D eigenvalue weighted by Gasteiger charge is 2.40. The summed E-state index contributed by atoms with van der Waals surface area (Å²) in [6.45, 7) is 3.56. The van der Waals surface area contributed by atoms with Gasteiger partial charge in [-0.05, 0) is 36.8 Å². The molecule has 154 valence electrons. The van der Waals surface area contributed by atoms with Crippen molar-refractivity contribution in [3.05, 3.63) is 89.0 Å². The van der Waals surface area contributed by atoms with Crippen molar-refractivity contribution in [2.24, 2.45) is 0 Å². The van der Waals surface area contributed by atoms with Crippen LogP contribution < -0.4 is 0 Å². The fourth-order valence-electron chi connectivity index (χ4n) is 3.82. The lowest BCUT2D eigenvalue weighted by molar-refractivity contribution is 0.0821. The van der Waals surface area contributed by atoms with Crippen LogP contribution >= 0.6 is 11.6 Å². The number of hydrogen-bond donors (Lipinski definition) is 0. The van der Waals surface area contributed by atoms with Gasteiger partial charge in [0.1, 0.15) is 0 Å². The van der Waals surface area contributed by atoms with Crippen LogP contribution in [0.4, 0.5) is 4.79 Å². The molecule has 0 radical (unpaired) electrons. The third-order valence-electron chi connectivity index (χ3n) is 5.33. The molecule has 2 aromatic carbocycles. The van der Waals surface area contributed by atoms with Crippen LogP contribution in [0.15, 0.2) is 67.1 Å². The van der Waals surface area contributed by atoms with Gasteiger partial charge in [0.05, 0.1) is 24.6 Å². The topological polar surface area (TPSA) is 58.4 Å². The SMILES string of the molecule is CCN1C(=O)N(C(=O)c2ccc(Cl)cc2)C[C@@H]1Cc1cn(Cc2ccccc2)cn1. The number of carbonyl (C=O) groups is 2. The van der Waals surface area contributed by atoms with Crippen LogP contribution in [-0.4, -0.2) is 50.4 Å². The Morgan fingerprint density at radius 2 is 1.87 bits per heavy atom. The molecule has 1 aliphatic heterocycles. The van der Waals surface area contributed by atoms with E-state index >= 15 is 0 Å². The molecule has 1 fully saturated rings. The molecule has 30 heavy (non-hydrogen) atoms. The summed E-state index contributed by atoms with van der Waals surface area (Å²) in [6.07, 6.45) is 4.42. The lowest BCUT2D eigenvalue weighted by Gasteiger charge is -2.20. The van der Waals surface area contributed by atoms with E-state index in [4.69, 9.17) is 11.6 Å². The van der Waals surface area contributed by atoms with Crippen LogP contribution in [0.3, 0.4) is 0 Å². The molecule has 2 heterocycles. The van der Waals surface area contributed by atoms with Gasteiger partial charge in [-0.1, -0.05) is 41.9 Å². The molecule has 7 heteroatoms. The quantitative estimate of drug-likeness (QED) is 0.601. The third-order valence-corrected chi connectivity index (χ3v) is 5.58. The molecule has 0 aliphatic carbocycles. The largest absolute Gasteiger partial charge is 0.333 e. The normalized spacial score (nSPS) is 16.3. The zero-order valence-corrected chi connectivity index (χ0v) is 17.5. The van der Waals surface area contributed by atoms with E-state index in [9.17, 15) is 9.59 Å².